The highest BCUT2D eigenvalue weighted by Crippen LogP contribution is 1.79. The van der Waals surface area contributed by atoms with Crippen LogP contribution in [-0.4, -0.2) is 24.8 Å². The van der Waals surface area contributed by atoms with Crippen LogP contribution in [0.1, 0.15) is 6.92 Å². The van der Waals surface area contributed by atoms with Crippen molar-refractivity contribution in [3.8, 4) is 0 Å². The molecule has 0 spiro atoms. The summed E-state index contributed by atoms with van der Waals surface area (Å²) in [5, 5.41) is 10.6. The lowest BCUT2D eigenvalue weighted by atomic mass is 10.9. The van der Waals surface area contributed by atoms with Crippen LogP contribution in [0.15, 0.2) is 0 Å². The lowest BCUT2D eigenvalue weighted by Gasteiger charge is -1.77. The van der Waals surface area contributed by atoms with Gasteiger partial charge in [-0.05, 0) is 21.0 Å². The summed E-state index contributed by atoms with van der Waals surface area (Å²) in [6, 6.07) is 0. The molecule has 0 aliphatic heterocycles. The highest BCUT2D eigenvalue weighted by molar-refractivity contribution is 6.19. The third-order valence-corrected chi connectivity index (χ3v) is 0. The lowest BCUT2D eigenvalue weighted by Crippen LogP contribution is -1.89. The average Bonchev–Trinajstić information content (AvgIpc) is 1.33. The first-order chi connectivity index (χ1) is 3.15. The number of hydrogen-bond acceptors (Lipinski definition) is 2. The first-order valence-electron chi connectivity index (χ1n) is 2.05. The van der Waals surface area contributed by atoms with Crippen molar-refractivity contribution >= 4 is 11.6 Å². The lowest BCUT2D eigenvalue weighted by molar-refractivity contribution is 0.277. The quantitative estimate of drug-likeness (QED) is 0.460. The summed E-state index contributed by atoms with van der Waals surface area (Å²) < 4.78 is 0. The van der Waals surface area contributed by atoms with Gasteiger partial charge in [0.1, 0.15) is 5.56 Å². The minimum atomic E-state index is -0.694. The summed E-state index contributed by atoms with van der Waals surface area (Å²) in [6.45, 7) is 1.49. The van der Waals surface area contributed by atoms with Crippen molar-refractivity contribution < 1.29 is 5.11 Å². The zero-order chi connectivity index (χ0) is 6.28. The Bertz CT molecular complexity index is 22.9. The van der Waals surface area contributed by atoms with Gasteiger partial charge in [0, 0.05) is 0 Å². The van der Waals surface area contributed by atoms with Gasteiger partial charge in [-0.2, -0.15) is 0 Å². The largest absolute Gasteiger partial charge is 0.378 e. The van der Waals surface area contributed by atoms with Crippen molar-refractivity contribution in [2.75, 3.05) is 14.1 Å². The zero-order valence-corrected chi connectivity index (χ0v) is 5.66. The average molecular weight is 126 g/mol. The molecule has 0 aliphatic carbocycles. The van der Waals surface area contributed by atoms with Crippen LogP contribution in [0, 0.1) is 0 Å². The summed E-state index contributed by atoms with van der Waals surface area (Å²) in [5.74, 6) is 0. The molecule has 0 heterocycles. The van der Waals surface area contributed by atoms with Gasteiger partial charge in [-0.15, -0.1) is 0 Å². The van der Waals surface area contributed by atoms with E-state index in [1.54, 1.807) is 0 Å². The van der Waals surface area contributed by atoms with Gasteiger partial charge in [-0.25, -0.2) is 0 Å². The molecule has 0 saturated heterocycles. The van der Waals surface area contributed by atoms with Gasteiger partial charge in [0.15, 0.2) is 0 Å². The van der Waals surface area contributed by atoms with Crippen LogP contribution >= 0.6 is 11.6 Å². The minimum Gasteiger partial charge on any atom is -0.378 e. The van der Waals surface area contributed by atoms with Crippen LogP contribution in [0.2, 0.25) is 0 Å². The molecule has 7 heavy (non-hydrogen) atoms. The van der Waals surface area contributed by atoms with E-state index in [0.29, 0.717) is 0 Å². The number of alkyl halides is 1. The van der Waals surface area contributed by atoms with Gasteiger partial charge in [0.05, 0.1) is 0 Å². The summed E-state index contributed by atoms with van der Waals surface area (Å²) in [7, 11) is 3.75. The number of halogens is 1. The summed E-state index contributed by atoms with van der Waals surface area (Å²) in [4.78, 5) is 0. The molecule has 0 radical (unpaired) electrons. The zero-order valence-electron chi connectivity index (χ0n) is 4.90. The molecule has 0 aromatic heterocycles. The molecule has 0 aromatic rings. The Kier molecular flexibility index (Phi) is 13.9. The van der Waals surface area contributed by atoms with Gasteiger partial charge >= 0.3 is 0 Å². The van der Waals surface area contributed by atoms with E-state index in [-0.39, 0.29) is 0 Å². The predicted molar refractivity (Wildman–Crippen MR) is 32.5 cm³/mol. The van der Waals surface area contributed by atoms with E-state index in [4.69, 9.17) is 16.7 Å². The van der Waals surface area contributed by atoms with Crippen molar-refractivity contribution in [3.05, 3.63) is 0 Å². The SMILES string of the molecule is CC(O)Cl.CNC. The first kappa shape index (κ1) is 10.2. The molecule has 1 unspecified atom stereocenters. The standard InChI is InChI=1S/C2H5ClO.C2H7N/c1-2(3)4;1-3-2/h2,4H,1H3;3H,1-2H3. The Labute approximate surface area is 49.5 Å². The van der Waals surface area contributed by atoms with Gasteiger partial charge in [0.2, 0.25) is 0 Å². The normalized spacial score (nSPS) is 11.6. The molecular weight excluding hydrogens is 114 g/mol. The van der Waals surface area contributed by atoms with Crippen LogP contribution < -0.4 is 5.32 Å². The Morgan fingerprint density at radius 2 is 1.57 bits per heavy atom. The number of aliphatic hydroxyl groups excluding tert-OH is 1. The molecule has 0 aromatic carbocycles. The van der Waals surface area contributed by atoms with Crippen molar-refractivity contribution in [2.45, 2.75) is 12.5 Å². The fraction of sp³-hybridized carbons (Fsp3) is 1.00. The Morgan fingerprint density at radius 3 is 1.57 bits per heavy atom. The van der Waals surface area contributed by atoms with Crippen molar-refractivity contribution in [3.63, 3.8) is 0 Å². The van der Waals surface area contributed by atoms with E-state index in [0.717, 1.165) is 0 Å². The molecule has 0 bridgehead atoms. The van der Waals surface area contributed by atoms with E-state index in [9.17, 15) is 0 Å². The maximum atomic E-state index is 7.82. The third kappa shape index (κ3) is 2500. The van der Waals surface area contributed by atoms with Crippen LogP contribution in [0.4, 0.5) is 0 Å². The predicted octanol–water partition coefficient (Wildman–Crippen LogP) is 0.399. The second-order valence-electron chi connectivity index (χ2n) is 1.07. The highest BCUT2D eigenvalue weighted by atomic mass is 35.5. The van der Waals surface area contributed by atoms with Crippen molar-refractivity contribution in [2.24, 2.45) is 0 Å². The van der Waals surface area contributed by atoms with E-state index in [2.05, 4.69) is 5.32 Å². The molecule has 3 heteroatoms. The first-order valence-corrected chi connectivity index (χ1v) is 2.49. The molecule has 0 amide bonds. The molecule has 1 atom stereocenters. The van der Waals surface area contributed by atoms with E-state index >= 15 is 0 Å². The van der Waals surface area contributed by atoms with Crippen LogP contribution in [0.3, 0.4) is 0 Å². The van der Waals surface area contributed by atoms with Crippen LogP contribution in [0.5, 0.6) is 0 Å². The second kappa shape index (κ2) is 9.51. The summed E-state index contributed by atoms with van der Waals surface area (Å²) >= 11 is 4.83. The molecule has 2 N–H and O–H groups in total. The number of aliphatic hydroxyl groups is 1. The monoisotopic (exact) mass is 125 g/mol. The molecule has 46 valence electrons. The van der Waals surface area contributed by atoms with E-state index < -0.39 is 5.56 Å². The van der Waals surface area contributed by atoms with Crippen molar-refractivity contribution in [1.29, 1.82) is 0 Å². The number of rotatable bonds is 0. The molecule has 0 rings (SSSR count). The highest BCUT2D eigenvalue weighted by Gasteiger charge is 1.72. The maximum absolute atomic E-state index is 7.82. The number of nitrogens with one attached hydrogen (secondary N) is 1. The van der Waals surface area contributed by atoms with Gasteiger partial charge in [-0.3, -0.25) is 0 Å². The summed E-state index contributed by atoms with van der Waals surface area (Å²) in [6.07, 6.45) is 0. The van der Waals surface area contributed by atoms with Crippen LogP contribution in [0.25, 0.3) is 0 Å². The molecule has 0 aliphatic rings. The molecular formula is C4H12ClNO. The second-order valence-corrected chi connectivity index (χ2v) is 1.71. The Balaban J connectivity index is 0. The van der Waals surface area contributed by atoms with Gasteiger partial charge in [0.25, 0.3) is 0 Å². The molecule has 2 nitrogen and oxygen atoms in total. The fourth-order valence-electron chi connectivity index (χ4n) is 0. The Morgan fingerprint density at radius 1 is 1.57 bits per heavy atom. The fourth-order valence-corrected chi connectivity index (χ4v) is 0. The number of hydrogen-bond donors (Lipinski definition) is 2. The molecule has 0 saturated carbocycles. The van der Waals surface area contributed by atoms with Gasteiger partial charge < -0.3 is 10.4 Å². The smallest absolute Gasteiger partial charge is 0.125 e. The topological polar surface area (TPSA) is 32.3 Å². The van der Waals surface area contributed by atoms with Crippen molar-refractivity contribution in [1.82, 2.24) is 5.32 Å². The maximum Gasteiger partial charge on any atom is 0.125 e. The van der Waals surface area contributed by atoms with E-state index in [1.807, 2.05) is 14.1 Å². The van der Waals surface area contributed by atoms with Gasteiger partial charge in [-0.1, -0.05) is 11.6 Å². The van der Waals surface area contributed by atoms with Crippen LogP contribution in [-0.2, 0) is 0 Å². The summed E-state index contributed by atoms with van der Waals surface area (Å²) in [5.41, 5.74) is -0.694. The van der Waals surface area contributed by atoms with E-state index in [1.165, 1.54) is 6.92 Å². The molecule has 0 fully saturated rings. The third-order valence-electron chi connectivity index (χ3n) is 0. The minimum absolute atomic E-state index is 0.694. The Hall–Kier alpha value is 0.210.